The van der Waals surface area contributed by atoms with Gasteiger partial charge in [-0.2, -0.15) is 8.61 Å². The van der Waals surface area contributed by atoms with E-state index in [0.29, 0.717) is 77.3 Å². The molecular weight excluding hydrogens is 885 g/mol. The summed E-state index contributed by atoms with van der Waals surface area (Å²) in [6.45, 7) is 5.72. The molecule has 0 spiro atoms. The molecule has 4 saturated heterocycles. The number of nitrogens with zero attached hydrogens (tertiary/aromatic N) is 6. The van der Waals surface area contributed by atoms with E-state index in [2.05, 4.69) is 9.80 Å². The topological polar surface area (TPSA) is 239 Å². The molecule has 2 saturated carbocycles. The van der Waals surface area contributed by atoms with Gasteiger partial charge in [-0.15, -0.1) is 0 Å². The highest BCUT2D eigenvalue weighted by Crippen LogP contribution is 2.35. The lowest BCUT2D eigenvalue weighted by atomic mass is 9.94. The Bertz CT molecular complexity index is 1750. The van der Waals surface area contributed by atoms with E-state index in [1.807, 2.05) is 23.9 Å². The molecule has 22 heteroatoms. The van der Waals surface area contributed by atoms with E-state index >= 15 is 0 Å². The van der Waals surface area contributed by atoms with E-state index in [-0.39, 0.29) is 63.9 Å². The molecule has 0 aromatic heterocycles. The van der Waals surface area contributed by atoms with Crippen LogP contribution in [0.4, 0.5) is 0 Å². The summed E-state index contributed by atoms with van der Waals surface area (Å²) in [6.07, 6.45) is 15.4. The second-order valence-corrected chi connectivity index (χ2v) is 23.2. The number of nitrogens with one attached hydrogen (secondary N) is 2. The molecule has 4 heterocycles. The maximum atomic E-state index is 13.3. The van der Waals surface area contributed by atoms with Crippen LogP contribution in [0.5, 0.6) is 0 Å². The van der Waals surface area contributed by atoms with Crippen molar-refractivity contribution in [2.75, 3.05) is 106 Å². The molecular formula is C43H78N8O12S2. The van der Waals surface area contributed by atoms with Crippen molar-refractivity contribution in [2.24, 2.45) is 0 Å². The Kier molecular flexibility index (Phi) is 20.7. The molecule has 374 valence electrons. The Morgan fingerprint density at radius 2 is 0.877 bits per heavy atom. The average Bonchev–Trinajstić information content (AvgIpc) is 3.35. The molecule has 6 aliphatic rings. The lowest BCUT2D eigenvalue weighted by Gasteiger charge is -2.41. The lowest BCUT2D eigenvalue weighted by molar-refractivity contribution is -0.135. The summed E-state index contributed by atoms with van der Waals surface area (Å²) >= 11 is 0. The molecule has 0 bridgehead atoms. The third kappa shape index (κ3) is 13.2. The van der Waals surface area contributed by atoms with Crippen LogP contribution < -0.4 is 11.0 Å². The fraction of sp³-hybridized carbons (Fsp3) is 0.907. The van der Waals surface area contributed by atoms with Crippen LogP contribution in [0, 0.1) is 0 Å². The zero-order valence-corrected chi connectivity index (χ0v) is 40.6. The lowest BCUT2D eigenvalue weighted by Crippen LogP contribution is -2.62. The maximum absolute atomic E-state index is 13.3. The SMILES string of the molecule is CN(C(=O)CCCCN1CCN(S(=O)(=O)C2(C(=O)NO)CCOCC2)CC1)C1CCCCC1.CN(C(=O)CCCN1CCN(S(=O)(=O)C2(C(=O)NO)CCOCC2)CC1)C1CCCCC1. The highest BCUT2D eigenvalue weighted by atomic mass is 32.2. The van der Waals surface area contributed by atoms with Gasteiger partial charge in [0.15, 0.2) is 9.49 Å². The Balaban J connectivity index is 0.000000244. The van der Waals surface area contributed by atoms with Gasteiger partial charge >= 0.3 is 0 Å². The van der Waals surface area contributed by atoms with Crippen molar-refractivity contribution in [1.29, 1.82) is 0 Å². The number of piperazine rings is 2. The first-order chi connectivity index (χ1) is 31.1. The molecule has 0 aromatic carbocycles. The first-order valence-electron chi connectivity index (χ1n) is 24.1. The molecule has 4 N–H and O–H groups in total. The number of carbonyl (C=O) groups is 4. The second-order valence-electron chi connectivity index (χ2n) is 18.7. The smallest absolute Gasteiger partial charge is 0.266 e. The quantitative estimate of drug-likeness (QED) is 0.0919. The first-order valence-corrected chi connectivity index (χ1v) is 27.0. The molecule has 2 aliphatic carbocycles. The summed E-state index contributed by atoms with van der Waals surface area (Å²) in [5, 5.41) is 18.3. The Labute approximate surface area is 387 Å². The van der Waals surface area contributed by atoms with Gasteiger partial charge < -0.3 is 29.1 Å². The molecule has 4 aliphatic heterocycles. The fourth-order valence-corrected chi connectivity index (χ4v) is 14.7. The first kappa shape index (κ1) is 53.4. The van der Waals surface area contributed by atoms with Crippen LogP contribution in [0.3, 0.4) is 0 Å². The van der Waals surface area contributed by atoms with E-state index in [1.54, 1.807) is 11.0 Å². The average molecular weight is 963 g/mol. The number of amides is 4. The van der Waals surface area contributed by atoms with Crippen molar-refractivity contribution < 1.29 is 55.9 Å². The molecule has 0 atom stereocenters. The summed E-state index contributed by atoms with van der Waals surface area (Å²) in [7, 11) is -4.03. The number of sulfonamides is 2. The highest BCUT2D eigenvalue weighted by Gasteiger charge is 2.55. The normalized spacial score (nSPS) is 23.4. The third-order valence-electron chi connectivity index (χ3n) is 15.0. The predicted octanol–water partition coefficient (Wildman–Crippen LogP) is 1.51. The number of unbranched alkanes of at least 4 members (excludes halogenated alkanes) is 1. The Morgan fingerprint density at radius 1 is 0.538 bits per heavy atom. The van der Waals surface area contributed by atoms with Crippen LogP contribution in [0.15, 0.2) is 0 Å². The number of ether oxygens (including phenoxy) is 2. The van der Waals surface area contributed by atoms with Crippen molar-refractivity contribution in [1.82, 2.24) is 39.2 Å². The van der Waals surface area contributed by atoms with Crippen molar-refractivity contribution >= 4 is 43.7 Å². The van der Waals surface area contributed by atoms with Crippen molar-refractivity contribution in [2.45, 2.75) is 144 Å². The molecule has 65 heavy (non-hydrogen) atoms. The molecule has 20 nitrogen and oxygen atoms in total. The van der Waals surface area contributed by atoms with E-state index < -0.39 is 41.4 Å². The monoisotopic (exact) mass is 963 g/mol. The largest absolute Gasteiger partial charge is 0.381 e. The van der Waals surface area contributed by atoms with Gasteiger partial charge in [0.25, 0.3) is 11.8 Å². The van der Waals surface area contributed by atoms with E-state index in [1.165, 1.54) is 47.1 Å². The van der Waals surface area contributed by atoms with Crippen LogP contribution in [0.2, 0.25) is 0 Å². The number of hydrogen-bond acceptors (Lipinski definition) is 14. The molecule has 6 rings (SSSR count). The number of rotatable bonds is 17. The van der Waals surface area contributed by atoms with Crippen LogP contribution in [0.25, 0.3) is 0 Å². The van der Waals surface area contributed by atoms with Gasteiger partial charge in [0.05, 0.1) is 0 Å². The number of carbonyl (C=O) groups excluding carboxylic acids is 4. The second kappa shape index (κ2) is 25.2. The highest BCUT2D eigenvalue weighted by molar-refractivity contribution is 7.91. The fourth-order valence-electron chi connectivity index (χ4n) is 10.5. The van der Waals surface area contributed by atoms with E-state index in [4.69, 9.17) is 19.9 Å². The molecule has 4 amide bonds. The molecule has 0 aromatic rings. The van der Waals surface area contributed by atoms with Gasteiger partial charge in [0.2, 0.25) is 31.9 Å². The van der Waals surface area contributed by atoms with E-state index in [0.717, 1.165) is 58.0 Å². The van der Waals surface area contributed by atoms with Crippen LogP contribution in [0.1, 0.15) is 122 Å². The van der Waals surface area contributed by atoms with E-state index in [9.17, 15) is 36.0 Å². The number of hydroxylamine groups is 2. The number of hydrogen-bond donors (Lipinski definition) is 4. The van der Waals surface area contributed by atoms with Gasteiger partial charge in [0.1, 0.15) is 0 Å². The summed E-state index contributed by atoms with van der Waals surface area (Å²) in [6, 6.07) is 0.770. The third-order valence-corrected chi connectivity index (χ3v) is 20.2. The Hall–Kier alpha value is -2.54. The van der Waals surface area contributed by atoms with Crippen molar-refractivity contribution in [3.05, 3.63) is 0 Å². The van der Waals surface area contributed by atoms with Crippen molar-refractivity contribution in [3.63, 3.8) is 0 Å². The summed E-state index contributed by atoms with van der Waals surface area (Å²) in [4.78, 5) is 58.0. The zero-order valence-electron chi connectivity index (χ0n) is 39.0. The van der Waals surface area contributed by atoms with Gasteiger partial charge in [-0.25, -0.2) is 27.8 Å². The minimum Gasteiger partial charge on any atom is -0.381 e. The molecule has 0 unspecified atom stereocenters. The van der Waals surface area contributed by atoms with Crippen LogP contribution >= 0.6 is 0 Å². The predicted molar refractivity (Wildman–Crippen MR) is 242 cm³/mol. The van der Waals surface area contributed by atoms with Crippen LogP contribution in [-0.2, 0) is 48.7 Å². The van der Waals surface area contributed by atoms with Crippen LogP contribution in [-0.4, -0.2) is 207 Å². The standard InChI is InChI=1S/C22H40N4O6S.C21H38N4O6S/c1-24(19-7-3-2-4-8-19)20(27)9-5-6-12-25-13-15-26(16-14-25)33(30,31)22(21(28)23-29)10-17-32-18-11-22;1-23(18-6-3-2-4-7-18)19(26)8-5-11-24-12-14-25(15-13-24)32(29,30)21(20(27)22-28)9-16-31-17-10-21/h19,29H,2-18H2,1H3,(H,23,28);18,28H,2-17H2,1H3,(H,22,27). The molecule has 0 radical (unpaired) electrons. The van der Waals surface area contributed by atoms with Gasteiger partial charge in [-0.05, 0) is 58.0 Å². The summed E-state index contributed by atoms with van der Waals surface area (Å²) in [5.41, 5.74) is 3.11. The Morgan fingerprint density at radius 3 is 1.23 bits per heavy atom. The summed E-state index contributed by atoms with van der Waals surface area (Å²) in [5.74, 6) is -1.35. The zero-order chi connectivity index (χ0) is 47.1. The minimum absolute atomic E-state index is 0.0264. The van der Waals surface area contributed by atoms with Gasteiger partial charge in [0, 0.05) is 143 Å². The maximum Gasteiger partial charge on any atom is 0.266 e. The van der Waals surface area contributed by atoms with Gasteiger partial charge in [-0.1, -0.05) is 38.5 Å². The molecule has 6 fully saturated rings. The minimum atomic E-state index is -3.95. The summed E-state index contributed by atoms with van der Waals surface area (Å²) < 4.78 is 63.2. The van der Waals surface area contributed by atoms with Crippen molar-refractivity contribution in [3.8, 4) is 0 Å². The van der Waals surface area contributed by atoms with Gasteiger partial charge in [-0.3, -0.25) is 29.6 Å².